The van der Waals surface area contributed by atoms with Crippen LogP contribution in [-0.2, 0) is 21.2 Å². The summed E-state index contributed by atoms with van der Waals surface area (Å²) in [5, 5.41) is 3.49. The summed E-state index contributed by atoms with van der Waals surface area (Å²) in [7, 11) is 0. The number of hydrogen-bond donors (Lipinski definition) is 1. The number of para-hydroxylation sites is 2. The van der Waals surface area contributed by atoms with Gasteiger partial charge in [0.05, 0.1) is 23.0 Å². The van der Waals surface area contributed by atoms with Gasteiger partial charge in [0.15, 0.2) is 5.78 Å². The molecule has 212 valence electrons. The number of ketones is 1. The third kappa shape index (κ3) is 5.18. The molecule has 0 saturated heterocycles. The minimum atomic E-state index is -4.49. The van der Waals surface area contributed by atoms with Crippen molar-refractivity contribution in [3.8, 4) is 0 Å². The third-order valence-electron chi connectivity index (χ3n) is 8.45. The maximum Gasteiger partial charge on any atom is 0.416 e. The van der Waals surface area contributed by atoms with Crippen LogP contribution in [0, 0.1) is 5.92 Å². The highest BCUT2D eigenvalue weighted by Gasteiger charge is 2.45. The van der Waals surface area contributed by atoms with Crippen LogP contribution >= 0.6 is 0 Å². The Morgan fingerprint density at radius 3 is 2.05 bits per heavy atom. The Hall–Kier alpha value is -3.87. The molecule has 1 amide bonds. The number of rotatable bonds is 3. The molecule has 1 heterocycles. The van der Waals surface area contributed by atoms with E-state index in [9.17, 15) is 22.8 Å². The smallest absolute Gasteiger partial charge is 0.357 e. The average Bonchev–Trinajstić information content (AvgIpc) is 3.78. The number of Topliss-reactive ketones (excluding diaryl/α,β-unsaturated/α-hetero) is 1. The van der Waals surface area contributed by atoms with E-state index in [1.165, 1.54) is 17.7 Å². The molecule has 0 unspecified atom stereocenters. The summed E-state index contributed by atoms with van der Waals surface area (Å²) in [6.07, 6.45) is -2.16. The SMILES string of the molecule is CC(C)(C)c1ccc([C@H]2CC(=O)C3=C(C2)Nc2ccccc2N(C(=O)C2CC2)[C@H]3c2ccc(C(F)(F)F)cc2)cc1. The lowest BCUT2D eigenvalue weighted by Gasteiger charge is -2.35. The summed E-state index contributed by atoms with van der Waals surface area (Å²) in [6, 6.07) is 19.9. The highest BCUT2D eigenvalue weighted by atomic mass is 19.4. The predicted octanol–water partition coefficient (Wildman–Crippen LogP) is 8.31. The molecule has 0 aromatic heterocycles. The number of allylic oxidation sites excluding steroid dienone is 1. The third-order valence-corrected chi connectivity index (χ3v) is 8.45. The highest BCUT2D eigenvalue weighted by Crippen LogP contribution is 2.49. The molecule has 6 rings (SSSR count). The summed E-state index contributed by atoms with van der Waals surface area (Å²) in [4.78, 5) is 29.6. The first kappa shape index (κ1) is 27.3. The van der Waals surface area contributed by atoms with Crippen LogP contribution in [0.1, 0.15) is 80.7 Å². The predicted molar refractivity (Wildman–Crippen MR) is 154 cm³/mol. The van der Waals surface area contributed by atoms with Crippen LogP contribution in [0.15, 0.2) is 84.1 Å². The molecule has 41 heavy (non-hydrogen) atoms. The number of hydrogen-bond acceptors (Lipinski definition) is 3. The lowest BCUT2D eigenvalue weighted by atomic mass is 9.77. The number of benzene rings is 3. The van der Waals surface area contributed by atoms with Crippen LogP contribution < -0.4 is 10.2 Å². The van der Waals surface area contributed by atoms with Gasteiger partial charge < -0.3 is 5.32 Å². The molecule has 1 saturated carbocycles. The van der Waals surface area contributed by atoms with Gasteiger partial charge in [0.25, 0.3) is 0 Å². The number of nitrogens with zero attached hydrogens (tertiary/aromatic N) is 1. The zero-order valence-corrected chi connectivity index (χ0v) is 23.4. The van der Waals surface area contributed by atoms with Gasteiger partial charge in [-0.2, -0.15) is 13.2 Å². The monoisotopic (exact) mass is 558 g/mol. The number of carbonyl (C=O) groups excluding carboxylic acids is 2. The fourth-order valence-electron chi connectivity index (χ4n) is 6.02. The maximum atomic E-state index is 14.1. The highest BCUT2D eigenvalue weighted by molar-refractivity contribution is 6.07. The van der Waals surface area contributed by atoms with Gasteiger partial charge in [0, 0.05) is 23.6 Å². The topological polar surface area (TPSA) is 49.4 Å². The number of nitrogens with one attached hydrogen (secondary N) is 1. The van der Waals surface area contributed by atoms with Crippen LogP contribution in [0.4, 0.5) is 24.5 Å². The van der Waals surface area contributed by atoms with Crippen molar-refractivity contribution >= 4 is 23.1 Å². The van der Waals surface area contributed by atoms with Crippen LogP contribution in [0.25, 0.3) is 0 Å². The van der Waals surface area contributed by atoms with E-state index in [0.29, 0.717) is 28.9 Å². The van der Waals surface area contributed by atoms with Crippen molar-refractivity contribution < 1.29 is 22.8 Å². The van der Waals surface area contributed by atoms with Crippen molar-refractivity contribution in [1.82, 2.24) is 0 Å². The van der Waals surface area contributed by atoms with Crippen molar-refractivity contribution in [2.75, 3.05) is 10.2 Å². The zero-order valence-electron chi connectivity index (χ0n) is 23.4. The second-order valence-electron chi connectivity index (χ2n) is 12.4. The van der Waals surface area contributed by atoms with Gasteiger partial charge >= 0.3 is 6.18 Å². The molecule has 0 radical (unpaired) electrons. The lowest BCUT2D eigenvalue weighted by Crippen LogP contribution is -2.39. The number of carbonyl (C=O) groups is 2. The Labute approximate surface area is 238 Å². The summed E-state index contributed by atoms with van der Waals surface area (Å²) in [5.74, 6) is -0.427. The standard InChI is InChI=1S/C34H33F3N2O2/c1-33(2,3)24-14-10-20(11-15-24)23-18-27-30(29(40)19-23)31(21-12-16-25(17-13-21)34(35,36)37)39(32(41)22-8-9-22)28-7-5-4-6-26(28)38-27/h4-7,10-17,22-23,31,38H,8-9,18-19H2,1-3H3/t23-,31+/m1/s1. The first-order valence-corrected chi connectivity index (χ1v) is 14.1. The van der Waals surface area contributed by atoms with Crippen LogP contribution in [0.2, 0.25) is 0 Å². The number of fused-ring (bicyclic) bond motifs is 1. The molecule has 3 aromatic rings. The summed E-state index contributed by atoms with van der Waals surface area (Å²) < 4.78 is 40.3. The minimum Gasteiger partial charge on any atom is -0.357 e. The molecule has 1 N–H and O–H groups in total. The average molecular weight is 559 g/mol. The fraction of sp³-hybridized carbons (Fsp3) is 0.353. The van der Waals surface area contributed by atoms with E-state index >= 15 is 0 Å². The van der Waals surface area contributed by atoms with Gasteiger partial charge in [-0.05, 0) is 71.6 Å². The van der Waals surface area contributed by atoms with E-state index in [2.05, 4.69) is 50.4 Å². The van der Waals surface area contributed by atoms with E-state index in [1.807, 2.05) is 24.3 Å². The first-order chi connectivity index (χ1) is 19.4. The summed E-state index contributed by atoms with van der Waals surface area (Å²) >= 11 is 0. The van der Waals surface area contributed by atoms with Gasteiger partial charge in [-0.3, -0.25) is 14.5 Å². The molecule has 1 aliphatic heterocycles. The Kier molecular flexibility index (Phi) is 6.59. The van der Waals surface area contributed by atoms with E-state index in [4.69, 9.17) is 0 Å². The van der Waals surface area contributed by atoms with Gasteiger partial charge in [-0.25, -0.2) is 0 Å². The van der Waals surface area contributed by atoms with Crippen molar-refractivity contribution in [1.29, 1.82) is 0 Å². The Bertz CT molecular complexity index is 1530. The molecule has 2 atom stereocenters. The Balaban J connectivity index is 1.48. The molecule has 1 fully saturated rings. The van der Waals surface area contributed by atoms with E-state index in [0.717, 1.165) is 36.2 Å². The Morgan fingerprint density at radius 1 is 0.829 bits per heavy atom. The number of halogens is 3. The lowest BCUT2D eigenvalue weighted by molar-refractivity contribution is -0.137. The molecule has 0 bridgehead atoms. The van der Waals surface area contributed by atoms with Crippen molar-refractivity contribution in [3.05, 3.63) is 106 Å². The van der Waals surface area contributed by atoms with Crippen molar-refractivity contribution in [3.63, 3.8) is 0 Å². The summed E-state index contributed by atoms with van der Waals surface area (Å²) in [5.41, 5.74) is 4.51. The number of amides is 1. The van der Waals surface area contributed by atoms with E-state index in [1.54, 1.807) is 4.90 Å². The first-order valence-electron chi connectivity index (χ1n) is 14.1. The molecule has 7 heteroatoms. The van der Waals surface area contributed by atoms with Crippen LogP contribution in [-0.4, -0.2) is 11.7 Å². The second-order valence-corrected chi connectivity index (χ2v) is 12.4. The molecule has 2 aliphatic carbocycles. The molecule has 4 nitrogen and oxygen atoms in total. The van der Waals surface area contributed by atoms with Crippen LogP contribution in [0.5, 0.6) is 0 Å². The molecular formula is C34H33F3N2O2. The van der Waals surface area contributed by atoms with Gasteiger partial charge in [0.2, 0.25) is 5.91 Å². The van der Waals surface area contributed by atoms with Gasteiger partial charge in [0.1, 0.15) is 0 Å². The van der Waals surface area contributed by atoms with E-state index in [-0.39, 0.29) is 35.4 Å². The zero-order chi connectivity index (χ0) is 29.1. The molecular weight excluding hydrogens is 525 g/mol. The van der Waals surface area contributed by atoms with Crippen molar-refractivity contribution in [2.24, 2.45) is 5.92 Å². The van der Waals surface area contributed by atoms with Crippen molar-refractivity contribution in [2.45, 2.75) is 70.0 Å². The Morgan fingerprint density at radius 2 is 1.44 bits per heavy atom. The molecule has 3 aromatic carbocycles. The van der Waals surface area contributed by atoms with Crippen LogP contribution in [0.3, 0.4) is 0 Å². The fourth-order valence-corrected chi connectivity index (χ4v) is 6.02. The quantitative estimate of drug-likeness (QED) is 0.352. The van der Waals surface area contributed by atoms with E-state index < -0.39 is 17.8 Å². The van der Waals surface area contributed by atoms with Gasteiger partial charge in [-0.1, -0.05) is 69.3 Å². The molecule has 3 aliphatic rings. The largest absolute Gasteiger partial charge is 0.416 e. The maximum absolute atomic E-state index is 14.1. The summed E-state index contributed by atoms with van der Waals surface area (Å²) in [6.45, 7) is 6.48. The second kappa shape index (κ2) is 9.89. The molecule has 0 spiro atoms. The normalized spacial score (nSPS) is 21.1. The number of anilines is 2. The van der Waals surface area contributed by atoms with Gasteiger partial charge in [-0.15, -0.1) is 0 Å². The minimum absolute atomic E-state index is 0.00953. The number of alkyl halides is 3.